The van der Waals surface area contributed by atoms with Gasteiger partial charge in [-0.2, -0.15) is 0 Å². The summed E-state index contributed by atoms with van der Waals surface area (Å²) in [6.45, 7) is 1.05. The van der Waals surface area contributed by atoms with Crippen molar-refractivity contribution in [3.8, 4) is 0 Å². The Morgan fingerprint density at radius 2 is 2.19 bits per heavy atom. The molecule has 0 saturated heterocycles. The SMILES string of the molecule is CNC(=O)c1ccc(CCCN(C)C)nc1. The topological polar surface area (TPSA) is 45.2 Å². The van der Waals surface area contributed by atoms with Gasteiger partial charge in [0.15, 0.2) is 0 Å². The minimum atomic E-state index is -0.0904. The van der Waals surface area contributed by atoms with Gasteiger partial charge in [0.25, 0.3) is 5.91 Å². The van der Waals surface area contributed by atoms with Crippen LogP contribution in [0, 0.1) is 0 Å². The quantitative estimate of drug-likeness (QED) is 0.804. The largest absolute Gasteiger partial charge is 0.355 e. The van der Waals surface area contributed by atoms with Crippen LogP contribution in [0.3, 0.4) is 0 Å². The van der Waals surface area contributed by atoms with E-state index < -0.39 is 0 Å². The first kappa shape index (κ1) is 12.6. The van der Waals surface area contributed by atoms with Crippen LogP contribution in [0.15, 0.2) is 18.3 Å². The zero-order valence-electron chi connectivity index (χ0n) is 10.2. The zero-order valence-corrected chi connectivity index (χ0v) is 10.2. The summed E-state index contributed by atoms with van der Waals surface area (Å²) in [4.78, 5) is 17.7. The molecule has 88 valence electrons. The molecule has 1 heterocycles. The number of carbonyl (C=O) groups is 1. The van der Waals surface area contributed by atoms with Crippen molar-refractivity contribution in [1.29, 1.82) is 0 Å². The maximum atomic E-state index is 11.3. The molecule has 1 rings (SSSR count). The maximum absolute atomic E-state index is 11.3. The van der Waals surface area contributed by atoms with E-state index in [0.717, 1.165) is 25.1 Å². The predicted molar refractivity (Wildman–Crippen MR) is 64.5 cm³/mol. The molecule has 1 aromatic heterocycles. The highest BCUT2D eigenvalue weighted by Crippen LogP contribution is 2.03. The zero-order chi connectivity index (χ0) is 12.0. The molecular formula is C12H19N3O. The van der Waals surface area contributed by atoms with E-state index in [1.165, 1.54) is 0 Å². The van der Waals surface area contributed by atoms with Gasteiger partial charge in [-0.3, -0.25) is 9.78 Å². The first-order chi connectivity index (χ1) is 7.63. The molecule has 1 N–H and O–H groups in total. The summed E-state index contributed by atoms with van der Waals surface area (Å²) in [5, 5.41) is 2.57. The van der Waals surface area contributed by atoms with Gasteiger partial charge in [-0.25, -0.2) is 0 Å². The molecule has 16 heavy (non-hydrogen) atoms. The molecule has 4 nitrogen and oxygen atoms in total. The normalized spacial score (nSPS) is 10.5. The van der Waals surface area contributed by atoms with E-state index >= 15 is 0 Å². The Kier molecular flexibility index (Phi) is 4.92. The van der Waals surface area contributed by atoms with E-state index in [1.807, 2.05) is 12.1 Å². The molecule has 0 spiro atoms. The van der Waals surface area contributed by atoms with Crippen LogP contribution in [0.5, 0.6) is 0 Å². The monoisotopic (exact) mass is 221 g/mol. The Hall–Kier alpha value is -1.42. The molecule has 0 fully saturated rings. The van der Waals surface area contributed by atoms with Crippen LogP contribution in [0.1, 0.15) is 22.5 Å². The molecule has 0 aromatic carbocycles. The first-order valence-electron chi connectivity index (χ1n) is 5.45. The number of nitrogens with one attached hydrogen (secondary N) is 1. The van der Waals surface area contributed by atoms with Gasteiger partial charge in [-0.05, 0) is 45.6 Å². The standard InChI is InChI=1S/C12H19N3O/c1-13-12(16)10-6-7-11(14-9-10)5-4-8-15(2)3/h6-7,9H,4-5,8H2,1-3H3,(H,13,16). The van der Waals surface area contributed by atoms with E-state index in [0.29, 0.717) is 5.56 Å². The smallest absolute Gasteiger partial charge is 0.252 e. The molecule has 4 heteroatoms. The number of amides is 1. The van der Waals surface area contributed by atoms with Crippen molar-refractivity contribution in [3.05, 3.63) is 29.6 Å². The van der Waals surface area contributed by atoms with Crippen molar-refractivity contribution in [2.75, 3.05) is 27.7 Å². The number of aromatic nitrogens is 1. The fraction of sp³-hybridized carbons (Fsp3) is 0.500. The van der Waals surface area contributed by atoms with E-state index in [1.54, 1.807) is 13.2 Å². The van der Waals surface area contributed by atoms with Gasteiger partial charge in [0.05, 0.1) is 5.56 Å². The van der Waals surface area contributed by atoms with Crippen molar-refractivity contribution >= 4 is 5.91 Å². The molecule has 0 saturated carbocycles. The number of rotatable bonds is 5. The summed E-state index contributed by atoms with van der Waals surface area (Å²) in [6, 6.07) is 3.73. The number of hydrogen-bond donors (Lipinski definition) is 1. The molecule has 0 bridgehead atoms. The third-order valence-corrected chi connectivity index (χ3v) is 2.35. The number of pyridine rings is 1. The molecule has 1 aromatic rings. The molecule has 0 aliphatic carbocycles. The molecule has 0 aliphatic heterocycles. The fourth-order valence-corrected chi connectivity index (χ4v) is 1.43. The van der Waals surface area contributed by atoms with Crippen molar-refractivity contribution in [1.82, 2.24) is 15.2 Å². The summed E-state index contributed by atoms with van der Waals surface area (Å²) in [5.41, 5.74) is 1.65. The number of aryl methyl sites for hydroxylation is 1. The Balaban J connectivity index is 2.48. The van der Waals surface area contributed by atoms with Crippen molar-refractivity contribution in [3.63, 3.8) is 0 Å². The average molecular weight is 221 g/mol. The highest BCUT2D eigenvalue weighted by molar-refractivity contribution is 5.93. The van der Waals surface area contributed by atoms with Crippen molar-refractivity contribution in [2.45, 2.75) is 12.8 Å². The van der Waals surface area contributed by atoms with Crippen LogP contribution in [0.25, 0.3) is 0 Å². The Labute approximate surface area is 96.7 Å². The molecule has 0 atom stereocenters. The third kappa shape index (κ3) is 3.98. The lowest BCUT2D eigenvalue weighted by Gasteiger charge is -2.08. The van der Waals surface area contributed by atoms with Crippen LogP contribution in [-0.2, 0) is 6.42 Å². The van der Waals surface area contributed by atoms with Gasteiger partial charge in [-0.1, -0.05) is 0 Å². The summed E-state index contributed by atoms with van der Waals surface area (Å²) < 4.78 is 0. The first-order valence-corrected chi connectivity index (χ1v) is 5.45. The van der Waals surface area contributed by atoms with Crippen LogP contribution in [0.2, 0.25) is 0 Å². The molecule has 0 aliphatic rings. The summed E-state index contributed by atoms with van der Waals surface area (Å²) in [7, 11) is 5.73. The van der Waals surface area contributed by atoms with Gasteiger partial charge in [0, 0.05) is 18.9 Å². The lowest BCUT2D eigenvalue weighted by atomic mass is 10.2. The lowest BCUT2D eigenvalue weighted by Crippen LogP contribution is -2.18. The van der Waals surface area contributed by atoms with Gasteiger partial charge in [-0.15, -0.1) is 0 Å². The van der Waals surface area contributed by atoms with Crippen LogP contribution < -0.4 is 5.32 Å². The lowest BCUT2D eigenvalue weighted by molar-refractivity contribution is 0.0962. The maximum Gasteiger partial charge on any atom is 0.252 e. The fourth-order valence-electron chi connectivity index (χ4n) is 1.43. The third-order valence-electron chi connectivity index (χ3n) is 2.35. The number of hydrogen-bond acceptors (Lipinski definition) is 3. The number of carbonyl (C=O) groups excluding carboxylic acids is 1. The Morgan fingerprint density at radius 3 is 2.69 bits per heavy atom. The van der Waals surface area contributed by atoms with Gasteiger partial charge in [0.2, 0.25) is 0 Å². The molecular weight excluding hydrogens is 202 g/mol. The van der Waals surface area contributed by atoms with Crippen LogP contribution >= 0.6 is 0 Å². The van der Waals surface area contributed by atoms with Gasteiger partial charge in [0.1, 0.15) is 0 Å². The van der Waals surface area contributed by atoms with E-state index in [2.05, 4.69) is 29.3 Å². The van der Waals surface area contributed by atoms with Crippen molar-refractivity contribution < 1.29 is 4.79 Å². The minimum absolute atomic E-state index is 0.0904. The Morgan fingerprint density at radius 1 is 1.44 bits per heavy atom. The summed E-state index contributed by atoms with van der Waals surface area (Å²) in [6.07, 6.45) is 3.66. The van der Waals surface area contributed by atoms with E-state index in [-0.39, 0.29) is 5.91 Å². The van der Waals surface area contributed by atoms with Gasteiger partial charge >= 0.3 is 0 Å². The molecule has 0 unspecified atom stereocenters. The molecule has 0 radical (unpaired) electrons. The second-order valence-electron chi connectivity index (χ2n) is 4.02. The summed E-state index contributed by atoms with van der Waals surface area (Å²) in [5.74, 6) is -0.0904. The molecule has 1 amide bonds. The minimum Gasteiger partial charge on any atom is -0.355 e. The van der Waals surface area contributed by atoms with E-state index in [4.69, 9.17) is 0 Å². The second-order valence-corrected chi connectivity index (χ2v) is 4.02. The Bertz CT molecular complexity index is 333. The summed E-state index contributed by atoms with van der Waals surface area (Å²) >= 11 is 0. The van der Waals surface area contributed by atoms with Crippen molar-refractivity contribution in [2.24, 2.45) is 0 Å². The van der Waals surface area contributed by atoms with Crippen LogP contribution in [-0.4, -0.2) is 43.5 Å². The second kappa shape index (κ2) is 6.23. The average Bonchev–Trinajstić information content (AvgIpc) is 2.28. The predicted octanol–water partition coefficient (Wildman–Crippen LogP) is 0.935. The van der Waals surface area contributed by atoms with E-state index in [9.17, 15) is 4.79 Å². The highest BCUT2D eigenvalue weighted by Gasteiger charge is 2.03. The number of nitrogens with zero attached hydrogens (tertiary/aromatic N) is 2. The van der Waals surface area contributed by atoms with Crippen LogP contribution in [0.4, 0.5) is 0 Å². The van der Waals surface area contributed by atoms with Gasteiger partial charge < -0.3 is 10.2 Å². The highest BCUT2D eigenvalue weighted by atomic mass is 16.1.